The van der Waals surface area contributed by atoms with E-state index in [2.05, 4.69) is 5.32 Å². The molecule has 2 aromatic carbocycles. The fourth-order valence-corrected chi connectivity index (χ4v) is 3.44. The molecule has 3 N–H and O–H groups in total. The summed E-state index contributed by atoms with van der Waals surface area (Å²) in [5.41, 5.74) is 7.66. The number of hydrogen-bond donors (Lipinski definition) is 2. The van der Waals surface area contributed by atoms with E-state index in [0.29, 0.717) is 21.3 Å². The van der Waals surface area contributed by atoms with E-state index in [9.17, 15) is 9.59 Å². The number of fused-ring (bicyclic) bond motifs is 1. The van der Waals surface area contributed by atoms with Gasteiger partial charge in [0, 0.05) is 23.0 Å². The third kappa shape index (κ3) is 3.28. The number of carbonyl (C=O) groups is 2. The summed E-state index contributed by atoms with van der Waals surface area (Å²) < 4.78 is 1.72. The van der Waals surface area contributed by atoms with Gasteiger partial charge in [0.05, 0.1) is 16.6 Å². The van der Waals surface area contributed by atoms with Crippen molar-refractivity contribution in [2.45, 2.75) is 13.0 Å². The van der Waals surface area contributed by atoms with Crippen molar-refractivity contribution in [3.8, 4) is 0 Å². The fraction of sp³-hybridized carbons (Fsp3) is 0.158. The number of hydrogen-bond acceptors (Lipinski definition) is 2. The molecule has 1 heterocycles. The average Bonchev–Trinajstić information content (AvgIpc) is 2.85. The van der Waals surface area contributed by atoms with Crippen LogP contribution in [0.1, 0.15) is 39.4 Å². The summed E-state index contributed by atoms with van der Waals surface area (Å²) in [6.07, 6.45) is 0. The van der Waals surface area contributed by atoms with Gasteiger partial charge in [-0.05, 0) is 42.8 Å². The third-order valence-corrected chi connectivity index (χ3v) is 4.98. The summed E-state index contributed by atoms with van der Waals surface area (Å²) in [4.78, 5) is 23.9. The van der Waals surface area contributed by atoms with Crippen LogP contribution < -0.4 is 11.1 Å². The highest BCUT2D eigenvalue weighted by atomic mass is 35.5. The quantitative estimate of drug-likeness (QED) is 0.705. The van der Waals surface area contributed by atoms with E-state index in [4.69, 9.17) is 28.9 Å². The van der Waals surface area contributed by atoms with Crippen molar-refractivity contribution in [3.05, 3.63) is 69.3 Å². The molecule has 2 amide bonds. The zero-order valence-electron chi connectivity index (χ0n) is 14.2. The Bertz CT molecular complexity index is 1010. The van der Waals surface area contributed by atoms with Crippen LogP contribution >= 0.6 is 23.2 Å². The predicted octanol–water partition coefficient (Wildman–Crippen LogP) is 4.08. The Balaban J connectivity index is 1.88. The minimum absolute atomic E-state index is 0.276. The number of benzene rings is 2. The lowest BCUT2D eigenvalue weighted by Gasteiger charge is -2.15. The summed E-state index contributed by atoms with van der Waals surface area (Å²) in [6.45, 7) is 1.85. The van der Waals surface area contributed by atoms with E-state index in [1.165, 1.54) is 0 Å². The maximum absolute atomic E-state index is 12.8. The van der Waals surface area contributed by atoms with Gasteiger partial charge in [0.2, 0.25) is 5.91 Å². The number of nitrogens with zero attached hydrogens (tertiary/aromatic N) is 1. The van der Waals surface area contributed by atoms with Crippen molar-refractivity contribution in [3.63, 3.8) is 0 Å². The predicted molar refractivity (Wildman–Crippen MR) is 104 cm³/mol. The summed E-state index contributed by atoms with van der Waals surface area (Å²) in [7, 11) is 1.77. The second-order valence-corrected chi connectivity index (χ2v) is 6.88. The molecule has 0 spiro atoms. The van der Waals surface area contributed by atoms with E-state index >= 15 is 0 Å². The first-order valence-electron chi connectivity index (χ1n) is 7.93. The molecule has 3 rings (SSSR count). The highest BCUT2D eigenvalue weighted by Crippen LogP contribution is 2.32. The highest BCUT2D eigenvalue weighted by Gasteiger charge is 2.21. The average molecular weight is 390 g/mol. The number of nitrogens with one attached hydrogen (secondary N) is 1. The van der Waals surface area contributed by atoms with E-state index in [-0.39, 0.29) is 11.9 Å². The molecule has 0 saturated heterocycles. The van der Waals surface area contributed by atoms with Gasteiger partial charge in [0.25, 0.3) is 5.91 Å². The molecule has 0 aliphatic carbocycles. The van der Waals surface area contributed by atoms with Gasteiger partial charge >= 0.3 is 0 Å². The molecule has 7 heteroatoms. The van der Waals surface area contributed by atoms with Gasteiger partial charge in [-0.1, -0.05) is 35.3 Å². The smallest absolute Gasteiger partial charge is 0.269 e. The van der Waals surface area contributed by atoms with Crippen molar-refractivity contribution in [2.75, 3.05) is 0 Å². The number of amides is 2. The van der Waals surface area contributed by atoms with Crippen molar-refractivity contribution in [1.82, 2.24) is 9.88 Å². The molecule has 3 aromatic rings. The zero-order valence-corrected chi connectivity index (χ0v) is 15.7. The molecule has 1 atom stereocenters. The Morgan fingerprint density at radius 3 is 2.38 bits per heavy atom. The summed E-state index contributed by atoms with van der Waals surface area (Å²) >= 11 is 12.5. The number of rotatable bonds is 4. The van der Waals surface area contributed by atoms with Crippen LogP contribution in [0.15, 0.2) is 42.5 Å². The molecular weight excluding hydrogens is 373 g/mol. The Hall–Kier alpha value is -2.50. The SMILES string of the molecule is C[C@@H](NC(=O)c1c(Cl)c2ccc(Cl)cc2n1C)c1ccc(C(N)=O)cc1. The minimum atomic E-state index is -0.491. The standard InChI is InChI=1S/C19H17Cl2N3O2/c1-10(11-3-5-12(6-4-11)18(22)25)23-19(26)17-16(21)14-8-7-13(20)9-15(14)24(17)2/h3-10H,1-2H3,(H2,22,25)(H,23,26)/t10-/m1/s1. The van der Waals surface area contributed by atoms with E-state index in [1.54, 1.807) is 54.1 Å². The lowest BCUT2D eigenvalue weighted by molar-refractivity contribution is 0.0931. The van der Waals surface area contributed by atoms with Crippen LogP contribution in [0.4, 0.5) is 0 Å². The lowest BCUT2D eigenvalue weighted by atomic mass is 10.1. The minimum Gasteiger partial charge on any atom is -0.366 e. The largest absolute Gasteiger partial charge is 0.366 e. The number of halogens is 2. The molecule has 26 heavy (non-hydrogen) atoms. The highest BCUT2D eigenvalue weighted by molar-refractivity contribution is 6.39. The molecule has 0 aliphatic heterocycles. The van der Waals surface area contributed by atoms with Crippen LogP contribution in [0, 0.1) is 0 Å². The molecular formula is C19H17Cl2N3O2. The molecule has 5 nitrogen and oxygen atoms in total. The van der Waals surface area contributed by atoms with Crippen molar-refractivity contribution < 1.29 is 9.59 Å². The van der Waals surface area contributed by atoms with Crippen molar-refractivity contribution in [2.24, 2.45) is 12.8 Å². The molecule has 0 radical (unpaired) electrons. The number of aromatic nitrogens is 1. The lowest BCUT2D eigenvalue weighted by Crippen LogP contribution is -2.28. The molecule has 0 saturated carbocycles. The maximum atomic E-state index is 12.8. The third-order valence-electron chi connectivity index (χ3n) is 4.36. The van der Waals surface area contributed by atoms with Gasteiger partial charge in [-0.3, -0.25) is 9.59 Å². The van der Waals surface area contributed by atoms with Crippen molar-refractivity contribution >= 4 is 45.9 Å². The van der Waals surface area contributed by atoms with Gasteiger partial charge in [-0.2, -0.15) is 0 Å². The second kappa shape index (κ2) is 7.02. The van der Waals surface area contributed by atoms with Gasteiger partial charge < -0.3 is 15.6 Å². The van der Waals surface area contributed by atoms with E-state index in [1.807, 2.05) is 6.92 Å². The summed E-state index contributed by atoms with van der Waals surface area (Å²) in [5, 5.41) is 4.65. The normalized spacial score (nSPS) is 12.2. The van der Waals surface area contributed by atoms with Crippen LogP contribution in [0.25, 0.3) is 10.9 Å². The summed E-state index contributed by atoms with van der Waals surface area (Å²) in [5.74, 6) is -0.787. The Labute approximate surface area is 160 Å². The van der Waals surface area contributed by atoms with Crippen LogP contribution in [0.5, 0.6) is 0 Å². The van der Waals surface area contributed by atoms with E-state index in [0.717, 1.165) is 16.5 Å². The first-order chi connectivity index (χ1) is 12.3. The van der Waals surface area contributed by atoms with Crippen LogP contribution in [0.3, 0.4) is 0 Å². The molecule has 1 aromatic heterocycles. The first-order valence-corrected chi connectivity index (χ1v) is 8.69. The Morgan fingerprint density at radius 1 is 1.12 bits per heavy atom. The number of primary amides is 1. The van der Waals surface area contributed by atoms with Crippen LogP contribution in [0.2, 0.25) is 10.0 Å². The number of carbonyl (C=O) groups excluding carboxylic acids is 2. The topological polar surface area (TPSA) is 77.1 Å². The van der Waals surface area contributed by atoms with Gasteiger partial charge in [0.1, 0.15) is 5.69 Å². The molecule has 0 unspecified atom stereocenters. The van der Waals surface area contributed by atoms with Crippen molar-refractivity contribution in [1.29, 1.82) is 0 Å². The first kappa shape index (κ1) is 18.3. The Kier molecular flexibility index (Phi) is 4.94. The Morgan fingerprint density at radius 2 is 1.77 bits per heavy atom. The number of nitrogens with two attached hydrogens (primary N) is 1. The van der Waals surface area contributed by atoms with Gasteiger partial charge in [0.15, 0.2) is 0 Å². The maximum Gasteiger partial charge on any atom is 0.269 e. The second-order valence-electron chi connectivity index (χ2n) is 6.06. The monoisotopic (exact) mass is 389 g/mol. The molecule has 0 aliphatic rings. The van der Waals surface area contributed by atoms with Gasteiger partial charge in [-0.25, -0.2) is 0 Å². The molecule has 134 valence electrons. The fourth-order valence-electron chi connectivity index (χ4n) is 2.90. The molecule has 0 bridgehead atoms. The van der Waals surface area contributed by atoms with Gasteiger partial charge in [-0.15, -0.1) is 0 Å². The van der Waals surface area contributed by atoms with E-state index < -0.39 is 5.91 Å². The summed E-state index contributed by atoms with van der Waals surface area (Å²) in [6, 6.07) is 11.8. The molecule has 0 fully saturated rings. The number of aryl methyl sites for hydroxylation is 1. The zero-order chi connectivity index (χ0) is 19.0. The van der Waals surface area contributed by atoms with Crippen LogP contribution in [-0.4, -0.2) is 16.4 Å². The van der Waals surface area contributed by atoms with Crippen LogP contribution in [-0.2, 0) is 7.05 Å².